The van der Waals surface area contributed by atoms with Crippen LogP contribution in [-0.2, 0) is 22.0 Å². The van der Waals surface area contributed by atoms with Crippen LogP contribution >= 0.6 is 0 Å². The molecular formula is C25H28O3. The number of hydrogen-bond donors (Lipinski definition) is 1. The third-order valence-corrected chi connectivity index (χ3v) is 5.99. The van der Waals surface area contributed by atoms with Gasteiger partial charge in [-0.05, 0) is 58.1 Å². The molecule has 0 bridgehead atoms. The lowest BCUT2D eigenvalue weighted by Crippen LogP contribution is -2.34. The molecule has 2 aromatic carbocycles. The van der Waals surface area contributed by atoms with E-state index >= 15 is 0 Å². The fraction of sp³-hybridized carbons (Fsp3) is 0.360. The Balaban J connectivity index is 1.92. The van der Waals surface area contributed by atoms with Crippen LogP contribution in [0.3, 0.4) is 0 Å². The van der Waals surface area contributed by atoms with Crippen LogP contribution in [0, 0.1) is 0 Å². The van der Waals surface area contributed by atoms with E-state index in [1.807, 2.05) is 30.3 Å². The summed E-state index contributed by atoms with van der Waals surface area (Å²) in [5.41, 5.74) is 5.12. The second-order valence-electron chi connectivity index (χ2n) is 9.00. The minimum Gasteiger partial charge on any atom is -0.478 e. The van der Waals surface area contributed by atoms with Crippen molar-refractivity contribution >= 4 is 17.8 Å². The number of carboxylic acid groups (broad SMARTS) is 1. The van der Waals surface area contributed by atoms with Gasteiger partial charge in [0.15, 0.2) is 5.78 Å². The number of carbonyl (C=O) groups is 2. The summed E-state index contributed by atoms with van der Waals surface area (Å²) in [7, 11) is 0. The SMILES string of the molecule is CC1(C)CCC(C)(C)c2cc(C(=O)Cc3ccccc3/C=C/C(=O)O)ccc21. The lowest BCUT2D eigenvalue weighted by atomic mass is 9.63. The summed E-state index contributed by atoms with van der Waals surface area (Å²) in [6, 6.07) is 13.6. The van der Waals surface area contributed by atoms with Gasteiger partial charge in [0.05, 0.1) is 0 Å². The summed E-state index contributed by atoms with van der Waals surface area (Å²) in [5.74, 6) is -0.946. The maximum absolute atomic E-state index is 13.0. The topological polar surface area (TPSA) is 54.4 Å². The molecule has 1 N–H and O–H groups in total. The van der Waals surface area contributed by atoms with Gasteiger partial charge >= 0.3 is 5.97 Å². The zero-order valence-corrected chi connectivity index (χ0v) is 17.1. The Morgan fingerprint density at radius 3 is 2.29 bits per heavy atom. The van der Waals surface area contributed by atoms with Crippen LogP contribution in [-0.4, -0.2) is 16.9 Å². The predicted octanol–water partition coefficient (Wildman–Crippen LogP) is 5.56. The van der Waals surface area contributed by atoms with E-state index in [4.69, 9.17) is 5.11 Å². The molecule has 28 heavy (non-hydrogen) atoms. The summed E-state index contributed by atoms with van der Waals surface area (Å²) in [6.45, 7) is 9.05. The highest BCUT2D eigenvalue weighted by atomic mass is 16.4. The average molecular weight is 376 g/mol. The van der Waals surface area contributed by atoms with Gasteiger partial charge in [0.2, 0.25) is 0 Å². The number of hydrogen-bond acceptors (Lipinski definition) is 2. The molecule has 2 aromatic rings. The first kappa shape index (κ1) is 20.1. The minimum absolute atomic E-state index is 0.0538. The van der Waals surface area contributed by atoms with Gasteiger partial charge in [-0.3, -0.25) is 4.79 Å². The maximum atomic E-state index is 13.0. The van der Waals surface area contributed by atoms with Crippen LogP contribution in [0.2, 0.25) is 0 Å². The molecule has 3 rings (SSSR count). The van der Waals surface area contributed by atoms with Crippen molar-refractivity contribution in [1.82, 2.24) is 0 Å². The Labute approximate surface area is 167 Å². The molecule has 3 nitrogen and oxygen atoms in total. The van der Waals surface area contributed by atoms with Crippen LogP contribution < -0.4 is 0 Å². The van der Waals surface area contributed by atoms with Gasteiger partial charge in [-0.1, -0.05) is 64.1 Å². The first-order chi connectivity index (χ1) is 13.1. The summed E-state index contributed by atoms with van der Waals surface area (Å²) >= 11 is 0. The molecule has 3 heteroatoms. The Morgan fingerprint density at radius 1 is 0.964 bits per heavy atom. The lowest BCUT2D eigenvalue weighted by Gasteiger charge is -2.42. The second-order valence-corrected chi connectivity index (χ2v) is 9.00. The van der Waals surface area contributed by atoms with Gasteiger partial charge in [0, 0.05) is 18.1 Å². The van der Waals surface area contributed by atoms with Crippen molar-refractivity contribution in [2.45, 2.75) is 57.8 Å². The highest BCUT2D eigenvalue weighted by molar-refractivity contribution is 5.98. The second kappa shape index (κ2) is 7.38. The van der Waals surface area contributed by atoms with E-state index in [1.54, 1.807) is 6.08 Å². The number of fused-ring (bicyclic) bond motifs is 1. The number of Topliss-reactive ketones (excluding diaryl/α,β-unsaturated/α-hetero) is 1. The summed E-state index contributed by atoms with van der Waals surface area (Å²) in [4.78, 5) is 23.8. The van der Waals surface area contributed by atoms with E-state index in [0.717, 1.165) is 35.6 Å². The number of aliphatic carboxylic acids is 1. The maximum Gasteiger partial charge on any atom is 0.328 e. The highest BCUT2D eigenvalue weighted by Gasteiger charge is 2.37. The van der Waals surface area contributed by atoms with Crippen molar-refractivity contribution in [2.75, 3.05) is 0 Å². The molecule has 0 saturated carbocycles. The number of carbonyl (C=O) groups excluding carboxylic acids is 1. The molecule has 0 radical (unpaired) electrons. The van der Waals surface area contributed by atoms with Crippen molar-refractivity contribution < 1.29 is 14.7 Å². The largest absolute Gasteiger partial charge is 0.478 e. The third kappa shape index (κ3) is 4.09. The van der Waals surface area contributed by atoms with Crippen LogP contribution in [0.1, 0.15) is 73.1 Å². The van der Waals surface area contributed by atoms with E-state index in [1.165, 1.54) is 11.1 Å². The molecule has 1 aliphatic rings. The molecule has 0 amide bonds. The molecule has 0 saturated heterocycles. The van der Waals surface area contributed by atoms with Crippen molar-refractivity contribution in [3.05, 3.63) is 76.4 Å². The molecule has 0 spiro atoms. The molecule has 0 aliphatic heterocycles. The summed E-state index contributed by atoms with van der Waals surface area (Å²) in [5, 5.41) is 8.88. The molecular weight excluding hydrogens is 348 g/mol. The van der Waals surface area contributed by atoms with E-state index in [9.17, 15) is 9.59 Å². The first-order valence-corrected chi connectivity index (χ1v) is 9.77. The zero-order chi connectivity index (χ0) is 20.5. The van der Waals surface area contributed by atoms with Gasteiger partial charge in [-0.25, -0.2) is 4.79 Å². The molecule has 0 unspecified atom stereocenters. The minimum atomic E-state index is -0.999. The number of carboxylic acids is 1. The van der Waals surface area contributed by atoms with Gasteiger partial charge < -0.3 is 5.11 Å². The Morgan fingerprint density at radius 2 is 1.61 bits per heavy atom. The molecule has 146 valence electrons. The van der Waals surface area contributed by atoms with Gasteiger partial charge in [-0.2, -0.15) is 0 Å². The fourth-order valence-corrected chi connectivity index (χ4v) is 4.06. The predicted molar refractivity (Wildman–Crippen MR) is 113 cm³/mol. The smallest absolute Gasteiger partial charge is 0.328 e. The average Bonchev–Trinajstić information content (AvgIpc) is 2.64. The fourth-order valence-electron chi connectivity index (χ4n) is 4.06. The molecule has 0 atom stereocenters. The molecule has 1 aliphatic carbocycles. The van der Waals surface area contributed by atoms with Crippen LogP contribution in [0.5, 0.6) is 0 Å². The third-order valence-electron chi connectivity index (χ3n) is 5.99. The summed E-state index contributed by atoms with van der Waals surface area (Å²) in [6.07, 6.45) is 5.15. The first-order valence-electron chi connectivity index (χ1n) is 9.77. The summed E-state index contributed by atoms with van der Waals surface area (Å²) < 4.78 is 0. The van der Waals surface area contributed by atoms with Gasteiger partial charge in [0.25, 0.3) is 0 Å². The van der Waals surface area contributed by atoms with Crippen molar-refractivity contribution in [1.29, 1.82) is 0 Å². The Bertz CT molecular complexity index is 948. The Kier molecular flexibility index (Phi) is 5.29. The molecule has 0 fully saturated rings. The Hall–Kier alpha value is -2.68. The van der Waals surface area contributed by atoms with Crippen LogP contribution in [0.4, 0.5) is 0 Å². The van der Waals surface area contributed by atoms with Crippen molar-refractivity contribution in [3.8, 4) is 0 Å². The highest BCUT2D eigenvalue weighted by Crippen LogP contribution is 2.45. The quantitative estimate of drug-likeness (QED) is 0.549. The normalized spacial score (nSPS) is 17.3. The van der Waals surface area contributed by atoms with Crippen LogP contribution in [0.15, 0.2) is 48.5 Å². The molecule has 0 heterocycles. The van der Waals surface area contributed by atoms with Crippen molar-refractivity contribution in [3.63, 3.8) is 0 Å². The van der Waals surface area contributed by atoms with E-state index in [0.29, 0.717) is 0 Å². The van der Waals surface area contributed by atoms with Gasteiger partial charge in [-0.15, -0.1) is 0 Å². The van der Waals surface area contributed by atoms with E-state index < -0.39 is 5.97 Å². The van der Waals surface area contributed by atoms with E-state index in [2.05, 4.69) is 39.8 Å². The van der Waals surface area contributed by atoms with Crippen molar-refractivity contribution in [2.24, 2.45) is 0 Å². The van der Waals surface area contributed by atoms with Crippen LogP contribution in [0.25, 0.3) is 6.08 Å². The number of ketones is 1. The number of rotatable bonds is 5. The standard InChI is InChI=1S/C25H28O3/c1-24(2)13-14-25(3,4)21-15-19(9-11-20(21)24)22(26)16-18-8-6-5-7-17(18)10-12-23(27)28/h5-12,15H,13-14,16H2,1-4H3,(H,27,28)/b12-10+. The van der Waals surface area contributed by atoms with E-state index in [-0.39, 0.29) is 23.0 Å². The monoisotopic (exact) mass is 376 g/mol. The lowest BCUT2D eigenvalue weighted by molar-refractivity contribution is -0.131. The number of benzene rings is 2. The zero-order valence-electron chi connectivity index (χ0n) is 17.1. The van der Waals surface area contributed by atoms with Gasteiger partial charge in [0.1, 0.15) is 0 Å². The molecule has 0 aromatic heterocycles.